The van der Waals surface area contributed by atoms with Crippen molar-refractivity contribution in [2.24, 2.45) is 0 Å². The van der Waals surface area contributed by atoms with E-state index in [4.69, 9.17) is 4.74 Å². The highest BCUT2D eigenvalue weighted by molar-refractivity contribution is 5.82. The second kappa shape index (κ2) is 6.79. The van der Waals surface area contributed by atoms with Crippen LogP contribution in [0.25, 0.3) is 33.6 Å². The smallest absolute Gasteiger partial charge is 0.161 e. The van der Waals surface area contributed by atoms with Gasteiger partial charge in [0.15, 0.2) is 11.5 Å². The maximum Gasteiger partial charge on any atom is 0.161 e. The zero-order chi connectivity index (χ0) is 20.0. The van der Waals surface area contributed by atoms with E-state index in [9.17, 15) is 10.2 Å². The molecule has 0 atom stereocenters. The van der Waals surface area contributed by atoms with E-state index in [1.54, 1.807) is 13.2 Å². The van der Waals surface area contributed by atoms with Crippen LogP contribution in [0.3, 0.4) is 0 Å². The number of aromatic hydroxyl groups is 1. The van der Waals surface area contributed by atoms with Gasteiger partial charge in [-0.2, -0.15) is 5.10 Å². The van der Waals surface area contributed by atoms with Crippen molar-refractivity contribution in [3.05, 3.63) is 77.4 Å². The molecule has 0 amide bonds. The van der Waals surface area contributed by atoms with Crippen LogP contribution in [0, 0.1) is 0 Å². The average Bonchev–Trinajstić information content (AvgIpc) is 3.33. The highest BCUT2D eigenvalue weighted by atomic mass is 16.5. The topological polar surface area (TPSA) is 78.4 Å². The minimum Gasteiger partial charge on any atom is -0.504 e. The average molecular weight is 384 g/mol. The van der Waals surface area contributed by atoms with Gasteiger partial charge in [0.2, 0.25) is 0 Å². The van der Waals surface area contributed by atoms with E-state index in [-0.39, 0.29) is 12.4 Å². The number of hydrogen-bond acceptors (Lipinski definition) is 4. The molecule has 0 fully saturated rings. The third-order valence-corrected chi connectivity index (χ3v) is 5.53. The van der Waals surface area contributed by atoms with Crippen molar-refractivity contribution in [3.8, 4) is 45.1 Å². The first-order valence-corrected chi connectivity index (χ1v) is 9.46. The molecule has 0 bridgehead atoms. The van der Waals surface area contributed by atoms with Crippen LogP contribution in [0.15, 0.2) is 60.7 Å². The Morgan fingerprint density at radius 1 is 0.966 bits per heavy atom. The fraction of sp³-hybridized carbons (Fsp3) is 0.125. The van der Waals surface area contributed by atoms with Gasteiger partial charge in [-0.25, -0.2) is 0 Å². The first-order chi connectivity index (χ1) is 14.2. The van der Waals surface area contributed by atoms with Crippen LogP contribution in [-0.2, 0) is 13.0 Å². The van der Waals surface area contributed by atoms with Crippen LogP contribution in [0.2, 0.25) is 0 Å². The van der Waals surface area contributed by atoms with Crippen LogP contribution >= 0.6 is 0 Å². The molecule has 1 aliphatic carbocycles. The monoisotopic (exact) mass is 384 g/mol. The van der Waals surface area contributed by atoms with Crippen molar-refractivity contribution >= 4 is 0 Å². The summed E-state index contributed by atoms with van der Waals surface area (Å²) in [5.74, 6) is 0.584. The predicted octanol–water partition coefficient (Wildman–Crippen LogP) is 4.52. The molecule has 1 heterocycles. The van der Waals surface area contributed by atoms with E-state index in [1.165, 1.54) is 11.1 Å². The lowest BCUT2D eigenvalue weighted by Crippen LogP contribution is -1.89. The van der Waals surface area contributed by atoms with Gasteiger partial charge in [0.25, 0.3) is 0 Å². The highest BCUT2D eigenvalue weighted by Crippen LogP contribution is 2.41. The highest BCUT2D eigenvalue weighted by Gasteiger charge is 2.25. The van der Waals surface area contributed by atoms with Crippen molar-refractivity contribution in [2.75, 3.05) is 7.11 Å². The van der Waals surface area contributed by atoms with E-state index in [0.717, 1.165) is 45.6 Å². The van der Waals surface area contributed by atoms with E-state index in [0.29, 0.717) is 5.75 Å². The SMILES string of the molecule is COc1cc(-c2ccc(-c3n[nH]c4c3Cc3ccc(CO)cc3-4)cc2)ccc1O. The minimum absolute atomic E-state index is 0.0348. The molecular formula is C24H20N2O3. The molecule has 144 valence electrons. The Morgan fingerprint density at radius 3 is 2.48 bits per heavy atom. The maximum absolute atomic E-state index is 9.80. The van der Waals surface area contributed by atoms with Gasteiger partial charge in [0.1, 0.15) is 0 Å². The Kier molecular flexibility index (Phi) is 4.11. The van der Waals surface area contributed by atoms with Crippen molar-refractivity contribution < 1.29 is 14.9 Å². The molecule has 29 heavy (non-hydrogen) atoms. The van der Waals surface area contributed by atoms with E-state index < -0.39 is 0 Å². The number of ether oxygens (including phenoxy) is 1. The summed E-state index contributed by atoms with van der Waals surface area (Å²) >= 11 is 0. The van der Waals surface area contributed by atoms with Crippen LogP contribution in [0.5, 0.6) is 11.5 Å². The van der Waals surface area contributed by atoms with Crippen LogP contribution in [0.4, 0.5) is 0 Å². The van der Waals surface area contributed by atoms with Gasteiger partial charge >= 0.3 is 0 Å². The second-order valence-electron chi connectivity index (χ2n) is 7.22. The number of rotatable bonds is 4. The number of phenolic OH excluding ortho intramolecular Hbond substituents is 1. The normalized spacial score (nSPS) is 11.9. The standard InChI is InChI=1S/C24H20N2O3/c1-29-22-12-17(8-9-21(22)28)15-4-6-16(7-5-15)23-20-11-18-3-2-14(13-27)10-19(18)24(20)26-25-23/h2-10,12,27-28H,11,13H2,1H3,(H,25,26). The van der Waals surface area contributed by atoms with Crippen molar-refractivity contribution in [1.82, 2.24) is 10.2 Å². The molecule has 0 saturated carbocycles. The molecule has 0 saturated heterocycles. The number of H-pyrrole nitrogens is 1. The number of nitrogens with one attached hydrogen (secondary N) is 1. The molecule has 1 aliphatic rings. The van der Waals surface area contributed by atoms with Gasteiger partial charge in [-0.3, -0.25) is 5.10 Å². The van der Waals surface area contributed by atoms with Gasteiger partial charge in [-0.05, 0) is 40.5 Å². The third kappa shape index (κ3) is 2.87. The van der Waals surface area contributed by atoms with Crippen LogP contribution < -0.4 is 4.74 Å². The molecule has 0 unspecified atom stereocenters. The van der Waals surface area contributed by atoms with Crippen molar-refractivity contribution in [2.45, 2.75) is 13.0 Å². The molecule has 3 N–H and O–H groups in total. The third-order valence-electron chi connectivity index (χ3n) is 5.53. The number of aliphatic hydroxyl groups excluding tert-OH is 1. The van der Waals surface area contributed by atoms with Crippen molar-refractivity contribution in [3.63, 3.8) is 0 Å². The van der Waals surface area contributed by atoms with E-state index in [1.807, 2.05) is 36.4 Å². The van der Waals surface area contributed by atoms with Gasteiger partial charge < -0.3 is 14.9 Å². The Labute approximate surface area is 168 Å². The number of phenols is 1. The molecule has 0 aliphatic heterocycles. The minimum atomic E-state index is 0.0348. The first kappa shape index (κ1) is 17.5. The molecule has 5 heteroatoms. The van der Waals surface area contributed by atoms with Crippen molar-refractivity contribution in [1.29, 1.82) is 0 Å². The molecule has 5 nitrogen and oxygen atoms in total. The molecule has 5 rings (SSSR count). The largest absolute Gasteiger partial charge is 0.504 e. The maximum atomic E-state index is 9.80. The van der Waals surface area contributed by atoms with E-state index >= 15 is 0 Å². The summed E-state index contributed by atoms with van der Waals surface area (Å²) in [6, 6.07) is 19.6. The molecule has 1 aromatic heterocycles. The summed E-state index contributed by atoms with van der Waals surface area (Å²) < 4.78 is 5.21. The number of aliphatic hydroxyl groups is 1. The second-order valence-corrected chi connectivity index (χ2v) is 7.22. The summed E-state index contributed by atoms with van der Waals surface area (Å²) in [6.45, 7) is 0.0348. The van der Waals surface area contributed by atoms with Gasteiger partial charge in [-0.1, -0.05) is 42.5 Å². The number of aromatic amines is 1. The van der Waals surface area contributed by atoms with Gasteiger partial charge in [0.05, 0.1) is 25.1 Å². The molecule has 4 aromatic rings. The van der Waals surface area contributed by atoms with Gasteiger partial charge in [-0.15, -0.1) is 0 Å². The number of fused-ring (bicyclic) bond motifs is 3. The lowest BCUT2D eigenvalue weighted by Gasteiger charge is -2.08. The number of methoxy groups -OCH3 is 1. The molecule has 0 radical (unpaired) electrons. The van der Waals surface area contributed by atoms with E-state index in [2.05, 4.69) is 28.4 Å². The number of benzene rings is 3. The predicted molar refractivity (Wildman–Crippen MR) is 112 cm³/mol. The summed E-state index contributed by atoms with van der Waals surface area (Å²) in [6.07, 6.45) is 0.832. The summed E-state index contributed by atoms with van der Waals surface area (Å²) in [5.41, 5.74) is 9.52. The Bertz CT molecular complexity index is 1210. The number of hydrogen-bond donors (Lipinski definition) is 3. The summed E-state index contributed by atoms with van der Waals surface area (Å²) in [5, 5.41) is 27.0. The lowest BCUT2D eigenvalue weighted by molar-refractivity contribution is 0.282. The zero-order valence-electron chi connectivity index (χ0n) is 15.9. The van der Waals surface area contributed by atoms with Gasteiger partial charge in [0, 0.05) is 23.1 Å². The number of aromatic nitrogens is 2. The zero-order valence-corrected chi connectivity index (χ0v) is 15.9. The first-order valence-electron chi connectivity index (χ1n) is 9.46. The Balaban J connectivity index is 1.49. The quantitative estimate of drug-likeness (QED) is 0.426. The summed E-state index contributed by atoms with van der Waals surface area (Å²) in [7, 11) is 1.54. The Morgan fingerprint density at radius 2 is 1.72 bits per heavy atom. The summed E-state index contributed by atoms with van der Waals surface area (Å²) in [4.78, 5) is 0. The van der Waals surface area contributed by atoms with Crippen LogP contribution in [-0.4, -0.2) is 27.5 Å². The lowest BCUT2D eigenvalue weighted by atomic mass is 10.0. The number of nitrogens with zero attached hydrogens (tertiary/aromatic N) is 1. The molecule has 0 spiro atoms. The van der Waals surface area contributed by atoms with Crippen LogP contribution in [0.1, 0.15) is 16.7 Å². The molecular weight excluding hydrogens is 364 g/mol. The Hall–Kier alpha value is -3.57. The fourth-order valence-corrected chi connectivity index (χ4v) is 3.98. The molecule has 3 aromatic carbocycles. The fourth-order valence-electron chi connectivity index (χ4n) is 3.98.